The number of unbranched alkanes of at least 4 members (excludes halogenated alkanes) is 18. The van der Waals surface area contributed by atoms with Gasteiger partial charge in [-0.05, 0) is 31.1 Å². The molecule has 0 rings (SSSR count). The van der Waals surface area contributed by atoms with Crippen LogP contribution in [0.5, 0.6) is 0 Å². The highest BCUT2D eigenvalue weighted by molar-refractivity contribution is 5.66. The van der Waals surface area contributed by atoms with Crippen LogP contribution in [0, 0.1) is 23.7 Å². The standard InChI is InChI=1S/C27H46O2/c1-2-3-4-5-6-7-8-9-10-11-12-13-14-15-16-17-18-19-20-21-22-23-24-25-26-27(28)29/h2-13,18-26H2,1H3,(H,28,29). The normalized spacial score (nSPS) is 10.1. The fourth-order valence-corrected chi connectivity index (χ4v) is 3.46. The van der Waals surface area contributed by atoms with Gasteiger partial charge in [0.1, 0.15) is 0 Å². The number of hydrogen-bond acceptors (Lipinski definition) is 1. The molecule has 0 aromatic rings. The molecule has 0 saturated heterocycles. The van der Waals surface area contributed by atoms with Crippen LogP contribution in [-0.2, 0) is 4.79 Å². The molecule has 0 aliphatic heterocycles. The number of carboxylic acid groups (broad SMARTS) is 1. The second-order valence-corrected chi connectivity index (χ2v) is 8.26. The Bertz CT molecular complexity index is 472. The van der Waals surface area contributed by atoms with Crippen molar-refractivity contribution in [2.75, 3.05) is 0 Å². The summed E-state index contributed by atoms with van der Waals surface area (Å²) < 4.78 is 0. The minimum absolute atomic E-state index is 0.315. The molecule has 0 fully saturated rings. The molecule has 0 aliphatic carbocycles. The fraction of sp³-hybridized carbons (Fsp3) is 0.815. The maximum atomic E-state index is 10.4. The van der Waals surface area contributed by atoms with Gasteiger partial charge in [0.25, 0.3) is 0 Å². The monoisotopic (exact) mass is 402 g/mol. The third kappa shape index (κ3) is 26.6. The van der Waals surface area contributed by atoms with Gasteiger partial charge in [0.05, 0.1) is 0 Å². The van der Waals surface area contributed by atoms with Gasteiger partial charge in [-0.3, -0.25) is 4.79 Å². The number of aliphatic carboxylic acids is 1. The van der Waals surface area contributed by atoms with Gasteiger partial charge < -0.3 is 5.11 Å². The molecule has 0 bridgehead atoms. The average molecular weight is 403 g/mol. The van der Waals surface area contributed by atoms with Crippen LogP contribution in [0.4, 0.5) is 0 Å². The van der Waals surface area contributed by atoms with Gasteiger partial charge >= 0.3 is 5.97 Å². The molecular formula is C27H46O2. The lowest BCUT2D eigenvalue weighted by atomic mass is 10.1. The first-order valence-electron chi connectivity index (χ1n) is 12.4. The number of carboxylic acids is 1. The Balaban J connectivity index is 3.24. The Morgan fingerprint density at radius 3 is 1.28 bits per heavy atom. The van der Waals surface area contributed by atoms with Crippen molar-refractivity contribution < 1.29 is 9.90 Å². The lowest BCUT2D eigenvalue weighted by Gasteiger charge is -2.01. The molecule has 166 valence electrons. The van der Waals surface area contributed by atoms with Crippen LogP contribution < -0.4 is 0 Å². The van der Waals surface area contributed by atoms with E-state index in [4.69, 9.17) is 5.11 Å². The third-order valence-corrected chi connectivity index (χ3v) is 5.34. The van der Waals surface area contributed by atoms with E-state index < -0.39 is 5.97 Å². The Kier molecular flexibility index (Phi) is 23.4. The second kappa shape index (κ2) is 24.6. The first-order valence-corrected chi connectivity index (χ1v) is 12.4. The van der Waals surface area contributed by atoms with Crippen LogP contribution in [0.2, 0.25) is 0 Å². The van der Waals surface area contributed by atoms with Crippen LogP contribution in [0.1, 0.15) is 142 Å². The van der Waals surface area contributed by atoms with Gasteiger partial charge in [-0.2, -0.15) is 0 Å². The molecule has 2 heteroatoms. The lowest BCUT2D eigenvalue weighted by molar-refractivity contribution is -0.137. The zero-order chi connectivity index (χ0) is 21.3. The van der Waals surface area contributed by atoms with Gasteiger partial charge in [0, 0.05) is 19.3 Å². The summed E-state index contributed by atoms with van der Waals surface area (Å²) in [5, 5.41) is 8.57. The minimum atomic E-state index is -0.675. The molecule has 0 aromatic heterocycles. The SMILES string of the molecule is CCCCCCCCCCCCCC#CC#CCCCCCCCCCC(=O)O. The minimum Gasteiger partial charge on any atom is -0.481 e. The first kappa shape index (κ1) is 27.6. The van der Waals surface area contributed by atoms with Gasteiger partial charge in [-0.25, -0.2) is 0 Å². The summed E-state index contributed by atoms with van der Waals surface area (Å²) in [4.78, 5) is 10.4. The van der Waals surface area contributed by atoms with E-state index in [0.717, 1.165) is 38.5 Å². The molecule has 0 aliphatic rings. The predicted molar refractivity (Wildman–Crippen MR) is 126 cm³/mol. The highest BCUT2D eigenvalue weighted by Crippen LogP contribution is 2.12. The number of carbonyl (C=O) groups is 1. The molecule has 1 N–H and O–H groups in total. The summed E-state index contributed by atoms with van der Waals surface area (Å²) in [6.45, 7) is 2.28. The molecule has 0 amide bonds. The molecule has 2 nitrogen and oxygen atoms in total. The van der Waals surface area contributed by atoms with Crippen LogP contribution in [0.15, 0.2) is 0 Å². The summed E-state index contributed by atoms with van der Waals surface area (Å²) in [6.07, 6.45) is 25.3. The topological polar surface area (TPSA) is 37.3 Å². The summed E-state index contributed by atoms with van der Waals surface area (Å²) in [7, 11) is 0. The van der Waals surface area contributed by atoms with E-state index in [1.165, 1.54) is 89.9 Å². The molecular weight excluding hydrogens is 356 g/mol. The van der Waals surface area contributed by atoms with Crippen LogP contribution in [-0.4, -0.2) is 11.1 Å². The maximum absolute atomic E-state index is 10.4. The Hall–Kier alpha value is -1.41. The van der Waals surface area contributed by atoms with Crippen molar-refractivity contribution in [1.82, 2.24) is 0 Å². The van der Waals surface area contributed by atoms with Gasteiger partial charge in [0.2, 0.25) is 0 Å². The van der Waals surface area contributed by atoms with Gasteiger partial charge in [-0.1, -0.05) is 115 Å². The largest absolute Gasteiger partial charge is 0.481 e. The van der Waals surface area contributed by atoms with Crippen molar-refractivity contribution in [2.24, 2.45) is 0 Å². The van der Waals surface area contributed by atoms with Crippen molar-refractivity contribution in [3.05, 3.63) is 0 Å². The van der Waals surface area contributed by atoms with E-state index in [9.17, 15) is 4.79 Å². The lowest BCUT2D eigenvalue weighted by Crippen LogP contribution is -1.93. The number of rotatable bonds is 20. The van der Waals surface area contributed by atoms with Gasteiger partial charge in [0.15, 0.2) is 0 Å². The first-order chi connectivity index (χ1) is 14.3. The zero-order valence-corrected chi connectivity index (χ0v) is 19.2. The summed E-state index contributed by atoms with van der Waals surface area (Å²) in [5.41, 5.74) is 0. The predicted octanol–water partition coefficient (Wildman–Crippen LogP) is 8.29. The van der Waals surface area contributed by atoms with E-state index in [1.807, 2.05) is 0 Å². The second-order valence-electron chi connectivity index (χ2n) is 8.26. The molecule has 0 saturated carbocycles. The van der Waals surface area contributed by atoms with Crippen molar-refractivity contribution >= 4 is 5.97 Å². The Morgan fingerprint density at radius 1 is 0.552 bits per heavy atom. The third-order valence-electron chi connectivity index (χ3n) is 5.34. The highest BCUT2D eigenvalue weighted by atomic mass is 16.4. The smallest absolute Gasteiger partial charge is 0.303 e. The molecule has 0 spiro atoms. The summed E-state index contributed by atoms with van der Waals surface area (Å²) in [5.74, 6) is 11.7. The van der Waals surface area contributed by atoms with Crippen molar-refractivity contribution in [1.29, 1.82) is 0 Å². The molecule has 0 unspecified atom stereocenters. The van der Waals surface area contributed by atoms with Crippen LogP contribution in [0.3, 0.4) is 0 Å². The van der Waals surface area contributed by atoms with Gasteiger partial charge in [-0.15, -0.1) is 0 Å². The number of hydrogen-bond donors (Lipinski definition) is 1. The molecule has 0 atom stereocenters. The highest BCUT2D eigenvalue weighted by Gasteiger charge is 1.96. The quantitative estimate of drug-likeness (QED) is 0.164. The van der Waals surface area contributed by atoms with Crippen molar-refractivity contribution in [2.45, 2.75) is 142 Å². The summed E-state index contributed by atoms with van der Waals surface area (Å²) in [6, 6.07) is 0. The molecule has 0 heterocycles. The Morgan fingerprint density at radius 2 is 0.897 bits per heavy atom. The van der Waals surface area contributed by atoms with E-state index in [1.54, 1.807) is 0 Å². The van der Waals surface area contributed by atoms with E-state index >= 15 is 0 Å². The van der Waals surface area contributed by atoms with Crippen LogP contribution >= 0.6 is 0 Å². The molecule has 0 radical (unpaired) electrons. The summed E-state index contributed by atoms with van der Waals surface area (Å²) >= 11 is 0. The van der Waals surface area contributed by atoms with E-state index in [2.05, 4.69) is 30.6 Å². The van der Waals surface area contributed by atoms with Crippen molar-refractivity contribution in [3.8, 4) is 23.7 Å². The van der Waals surface area contributed by atoms with Crippen molar-refractivity contribution in [3.63, 3.8) is 0 Å². The maximum Gasteiger partial charge on any atom is 0.303 e. The molecule has 0 aromatic carbocycles. The van der Waals surface area contributed by atoms with Crippen LogP contribution in [0.25, 0.3) is 0 Å². The van der Waals surface area contributed by atoms with E-state index in [0.29, 0.717) is 6.42 Å². The zero-order valence-electron chi connectivity index (χ0n) is 19.2. The fourth-order valence-electron chi connectivity index (χ4n) is 3.46. The molecule has 29 heavy (non-hydrogen) atoms. The van der Waals surface area contributed by atoms with E-state index in [-0.39, 0.29) is 0 Å². The average Bonchev–Trinajstić information content (AvgIpc) is 2.71. The Labute approximate surface area is 181 Å².